The number of aliphatic hydroxyl groups excluding tert-OH is 1. The van der Waals surface area contributed by atoms with Crippen molar-refractivity contribution in [2.75, 3.05) is 5.73 Å². The third-order valence-electron chi connectivity index (χ3n) is 3.55. The summed E-state index contributed by atoms with van der Waals surface area (Å²) in [5.74, 6) is 0.601. The van der Waals surface area contributed by atoms with Crippen LogP contribution in [0.15, 0.2) is 36.5 Å². The highest BCUT2D eigenvalue weighted by Gasteiger charge is 2.13. The molecule has 0 radical (unpaired) electrons. The topological polar surface area (TPSA) is 63.5 Å². The van der Waals surface area contributed by atoms with Crippen molar-refractivity contribution in [3.05, 3.63) is 53.2 Å². The molecule has 0 fully saturated rings. The van der Waals surface area contributed by atoms with E-state index in [1.54, 1.807) is 0 Å². The predicted molar refractivity (Wildman–Crippen MR) is 80.4 cm³/mol. The van der Waals surface area contributed by atoms with Crippen molar-refractivity contribution in [3.8, 4) is 11.3 Å². The molecule has 0 aliphatic heterocycles. The van der Waals surface area contributed by atoms with Crippen LogP contribution in [0, 0.1) is 13.8 Å². The van der Waals surface area contributed by atoms with Crippen LogP contribution in [0.5, 0.6) is 0 Å². The van der Waals surface area contributed by atoms with Gasteiger partial charge in [0.1, 0.15) is 17.2 Å². The Morgan fingerprint density at radius 1 is 1.20 bits per heavy atom. The number of anilines is 1. The summed E-state index contributed by atoms with van der Waals surface area (Å²) in [6.07, 6.45) is 1.83. The maximum absolute atomic E-state index is 9.22. The van der Waals surface area contributed by atoms with Crippen LogP contribution in [0.2, 0.25) is 0 Å². The Hall–Kier alpha value is -2.33. The number of benzene rings is 1. The zero-order valence-electron chi connectivity index (χ0n) is 11.6. The largest absolute Gasteiger partial charge is 0.392 e. The second-order valence-corrected chi connectivity index (χ2v) is 5.09. The Balaban J connectivity index is 2.26. The Morgan fingerprint density at radius 3 is 2.75 bits per heavy atom. The number of nitrogen functional groups attached to an aromatic ring is 1. The number of rotatable bonds is 2. The van der Waals surface area contributed by atoms with Crippen LogP contribution in [0.1, 0.15) is 16.7 Å². The normalized spacial score (nSPS) is 11.2. The quantitative estimate of drug-likeness (QED) is 0.750. The Morgan fingerprint density at radius 2 is 2.00 bits per heavy atom. The van der Waals surface area contributed by atoms with Crippen LogP contribution >= 0.6 is 0 Å². The first-order chi connectivity index (χ1) is 9.60. The lowest BCUT2D eigenvalue weighted by molar-refractivity contribution is 0.281. The van der Waals surface area contributed by atoms with Crippen LogP contribution in [0.25, 0.3) is 16.9 Å². The van der Waals surface area contributed by atoms with E-state index in [1.165, 1.54) is 5.56 Å². The van der Waals surface area contributed by atoms with E-state index in [9.17, 15) is 5.11 Å². The number of pyridine rings is 1. The molecule has 3 N–H and O–H groups in total. The molecule has 0 saturated heterocycles. The van der Waals surface area contributed by atoms with E-state index in [4.69, 9.17) is 5.73 Å². The summed E-state index contributed by atoms with van der Waals surface area (Å²) in [5.41, 5.74) is 12.0. The van der Waals surface area contributed by atoms with Gasteiger partial charge in [-0.1, -0.05) is 23.8 Å². The second kappa shape index (κ2) is 4.65. The van der Waals surface area contributed by atoms with Gasteiger partial charge in [-0.3, -0.25) is 4.40 Å². The Labute approximate surface area is 117 Å². The minimum absolute atomic E-state index is 0.00757. The van der Waals surface area contributed by atoms with E-state index in [0.29, 0.717) is 5.82 Å². The minimum atomic E-state index is -0.00757. The fourth-order valence-electron chi connectivity index (χ4n) is 2.39. The molecule has 20 heavy (non-hydrogen) atoms. The van der Waals surface area contributed by atoms with Gasteiger partial charge >= 0.3 is 0 Å². The second-order valence-electron chi connectivity index (χ2n) is 5.09. The number of hydrogen-bond donors (Lipinski definition) is 2. The summed E-state index contributed by atoms with van der Waals surface area (Å²) in [6.45, 7) is 4.10. The Kier molecular flexibility index (Phi) is 2.95. The van der Waals surface area contributed by atoms with Gasteiger partial charge in [0.05, 0.1) is 6.61 Å². The van der Waals surface area contributed by atoms with Crippen molar-refractivity contribution < 1.29 is 5.11 Å². The SMILES string of the molecule is Cc1ccc(C)c(-c2nc3ccc(CO)cn3c2N)c1. The molecule has 0 atom stereocenters. The molecular weight excluding hydrogens is 250 g/mol. The van der Waals surface area contributed by atoms with Crippen molar-refractivity contribution in [2.45, 2.75) is 20.5 Å². The Bertz CT molecular complexity index is 790. The van der Waals surface area contributed by atoms with Gasteiger partial charge in [-0.25, -0.2) is 4.98 Å². The van der Waals surface area contributed by atoms with Gasteiger partial charge in [-0.05, 0) is 37.1 Å². The van der Waals surface area contributed by atoms with Crippen molar-refractivity contribution >= 4 is 11.5 Å². The fraction of sp³-hybridized carbons (Fsp3) is 0.188. The van der Waals surface area contributed by atoms with Gasteiger partial charge < -0.3 is 10.8 Å². The number of hydrogen-bond acceptors (Lipinski definition) is 3. The molecule has 0 unspecified atom stereocenters. The smallest absolute Gasteiger partial charge is 0.139 e. The standard InChI is InChI=1S/C16H17N3O/c1-10-3-4-11(2)13(7-10)15-16(17)19-8-12(9-20)5-6-14(19)18-15/h3-8,20H,9,17H2,1-2H3. The lowest BCUT2D eigenvalue weighted by Gasteiger charge is -2.05. The molecule has 1 aromatic carbocycles. The maximum atomic E-state index is 9.22. The summed E-state index contributed by atoms with van der Waals surface area (Å²) < 4.78 is 1.82. The van der Waals surface area contributed by atoms with Crippen molar-refractivity contribution in [3.63, 3.8) is 0 Å². The van der Waals surface area contributed by atoms with Gasteiger partial charge in [-0.15, -0.1) is 0 Å². The summed E-state index contributed by atoms with van der Waals surface area (Å²) >= 11 is 0. The number of nitrogens with zero attached hydrogens (tertiary/aromatic N) is 2. The molecular formula is C16H17N3O. The first-order valence-electron chi connectivity index (χ1n) is 6.55. The molecule has 0 aliphatic carbocycles. The van der Waals surface area contributed by atoms with E-state index < -0.39 is 0 Å². The molecule has 0 saturated carbocycles. The molecule has 4 nitrogen and oxygen atoms in total. The van der Waals surface area contributed by atoms with Gasteiger partial charge in [-0.2, -0.15) is 0 Å². The van der Waals surface area contributed by atoms with Crippen LogP contribution in [-0.2, 0) is 6.61 Å². The number of nitrogens with two attached hydrogens (primary N) is 1. The molecule has 0 amide bonds. The van der Waals surface area contributed by atoms with Gasteiger partial charge in [0.25, 0.3) is 0 Å². The number of aliphatic hydroxyl groups is 1. The first-order valence-corrected chi connectivity index (χ1v) is 6.55. The fourth-order valence-corrected chi connectivity index (χ4v) is 2.39. The molecule has 0 bridgehead atoms. The van der Waals surface area contributed by atoms with Gasteiger partial charge in [0, 0.05) is 11.8 Å². The number of aromatic nitrogens is 2. The third-order valence-corrected chi connectivity index (χ3v) is 3.55. The highest BCUT2D eigenvalue weighted by molar-refractivity contribution is 5.77. The molecule has 4 heteroatoms. The number of imidazole rings is 1. The van der Waals surface area contributed by atoms with E-state index in [1.807, 2.05) is 22.7 Å². The highest BCUT2D eigenvalue weighted by atomic mass is 16.3. The average molecular weight is 267 g/mol. The van der Waals surface area contributed by atoms with Crippen LogP contribution in [0.3, 0.4) is 0 Å². The van der Waals surface area contributed by atoms with E-state index >= 15 is 0 Å². The van der Waals surface area contributed by atoms with Gasteiger partial charge in [0.2, 0.25) is 0 Å². The summed E-state index contributed by atoms with van der Waals surface area (Å²) in [7, 11) is 0. The summed E-state index contributed by atoms with van der Waals surface area (Å²) in [4.78, 5) is 4.62. The lowest BCUT2D eigenvalue weighted by Crippen LogP contribution is -1.96. The zero-order valence-corrected chi connectivity index (χ0v) is 11.6. The molecule has 3 rings (SSSR count). The van der Waals surface area contributed by atoms with Crippen molar-refractivity contribution in [1.82, 2.24) is 9.38 Å². The van der Waals surface area contributed by atoms with Crippen LogP contribution < -0.4 is 5.73 Å². The predicted octanol–water partition coefficient (Wildman–Crippen LogP) is 2.69. The molecule has 0 aliphatic rings. The maximum Gasteiger partial charge on any atom is 0.139 e. The van der Waals surface area contributed by atoms with Crippen LogP contribution in [-0.4, -0.2) is 14.5 Å². The molecule has 0 spiro atoms. The third kappa shape index (κ3) is 1.94. The molecule has 3 aromatic rings. The van der Waals surface area contributed by atoms with Crippen LogP contribution in [0.4, 0.5) is 5.82 Å². The first kappa shape index (κ1) is 12.7. The highest BCUT2D eigenvalue weighted by Crippen LogP contribution is 2.29. The molecule has 2 heterocycles. The van der Waals surface area contributed by atoms with E-state index in [0.717, 1.165) is 28.0 Å². The van der Waals surface area contributed by atoms with E-state index in [-0.39, 0.29) is 6.61 Å². The summed E-state index contributed by atoms with van der Waals surface area (Å²) in [5, 5.41) is 9.22. The van der Waals surface area contributed by atoms with Gasteiger partial charge in [0.15, 0.2) is 0 Å². The lowest BCUT2D eigenvalue weighted by atomic mass is 10.0. The monoisotopic (exact) mass is 267 g/mol. The number of aryl methyl sites for hydroxylation is 2. The molecule has 102 valence electrons. The minimum Gasteiger partial charge on any atom is -0.392 e. The zero-order chi connectivity index (χ0) is 14.3. The van der Waals surface area contributed by atoms with Crippen molar-refractivity contribution in [2.24, 2.45) is 0 Å². The summed E-state index contributed by atoms with van der Waals surface area (Å²) in [6, 6.07) is 9.98. The average Bonchev–Trinajstić information content (AvgIpc) is 2.78. The van der Waals surface area contributed by atoms with Crippen molar-refractivity contribution in [1.29, 1.82) is 0 Å². The molecule has 2 aromatic heterocycles. The number of fused-ring (bicyclic) bond motifs is 1. The van der Waals surface area contributed by atoms with E-state index in [2.05, 4.69) is 37.0 Å².